The molecule has 1 heterocycles. The molecule has 0 spiro atoms. The minimum atomic E-state index is -0.486. The van der Waals surface area contributed by atoms with Gasteiger partial charge in [0.2, 0.25) is 11.8 Å². The van der Waals surface area contributed by atoms with Gasteiger partial charge >= 0.3 is 0 Å². The van der Waals surface area contributed by atoms with Gasteiger partial charge in [-0.2, -0.15) is 0 Å². The number of nitrogens with zero attached hydrogens (tertiary/aromatic N) is 1. The summed E-state index contributed by atoms with van der Waals surface area (Å²) in [6, 6.07) is 4.21. The van der Waals surface area contributed by atoms with E-state index in [1.165, 1.54) is 11.0 Å². The molecule has 20 heavy (non-hydrogen) atoms. The Morgan fingerprint density at radius 1 is 1.45 bits per heavy atom. The standard InChI is InChI=1S/C14H16BrFN2O2/c1-2-3-12-14(20)18(8-13(19)17-12)7-9-4-5-10(15)6-11(9)16/h4-6,12H,2-3,7-8H2,1H3,(H,17,19). The molecule has 2 rings (SSSR count). The molecule has 1 aromatic rings. The maximum absolute atomic E-state index is 13.8. The van der Waals surface area contributed by atoms with E-state index >= 15 is 0 Å². The number of carbonyl (C=O) groups is 2. The van der Waals surface area contributed by atoms with Crippen LogP contribution in [0.4, 0.5) is 4.39 Å². The summed E-state index contributed by atoms with van der Waals surface area (Å²) in [6.07, 6.45) is 1.40. The van der Waals surface area contributed by atoms with Crippen molar-refractivity contribution in [3.63, 3.8) is 0 Å². The van der Waals surface area contributed by atoms with E-state index in [0.29, 0.717) is 16.5 Å². The van der Waals surface area contributed by atoms with Crippen LogP contribution in [0.1, 0.15) is 25.3 Å². The van der Waals surface area contributed by atoms with Crippen LogP contribution in [-0.2, 0) is 16.1 Å². The van der Waals surface area contributed by atoms with Crippen LogP contribution in [0.5, 0.6) is 0 Å². The van der Waals surface area contributed by atoms with Crippen molar-refractivity contribution in [3.05, 3.63) is 34.1 Å². The van der Waals surface area contributed by atoms with Crippen LogP contribution in [0.3, 0.4) is 0 Å². The van der Waals surface area contributed by atoms with Gasteiger partial charge < -0.3 is 10.2 Å². The highest BCUT2D eigenvalue weighted by Crippen LogP contribution is 2.18. The second kappa shape index (κ2) is 6.35. The van der Waals surface area contributed by atoms with Crippen LogP contribution in [0.2, 0.25) is 0 Å². The first-order valence-corrected chi connectivity index (χ1v) is 7.32. The van der Waals surface area contributed by atoms with Crippen molar-refractivity contribution >= 4 is 27.7 Å². The Bertz CT molecular complexity index is 536. The van der Waals surface area contributed by atoms with Crippen molar-refractivity contribution in [2.24, 2.45) is 0 Å². The highest BCUT2D eigenvalue weighted by atomic mass is 79.9. The molecular formula is C14H16BrFN2O2. The van der Waals surface area contributed by atoms with Gasteiger partial charge in [0, 0.05) is 16.6 Å². The quantitative estimate of drug-likeness (QED) is 0.911. The predicted octanol–water partition coefficient (Wildman–Crippen LogP) is 2.22. The lowest BCUT2D eigenvalue weighted by Gasteiger charge is -2.32. The fourth-order valence-corrected chi connectivity index (χ4v) is 2.58. The van der Waals surface area contributed by atoms with Crippen LogP contribution in [0, 0.1) is 5.82 Å². The average Bonchev–Trinajstić information content (AvgIpc) is 2.38. The zero-order valence-electron chi connectivity index (χ0n) is 11.2. The second-order valence-corrected chi connectivity index (χ2v) is 5.75. The average molecular weight is 343 g/mol. The summed E-state index contributed by atoms with van der Waals surface area (Å²) in [6.45, 7) is 2.05. The summed E-state index contributed by atoms with van der Waals surface area (Å²) in [5.74, 6) is -0.723. The Kier molecular flexibility index (Phi) is 4.75. The van der Waals surface area contributed by atoms with Crippen LogP contribution >= 0.6 is 15.9 Å². The number of amides is 2. The summed E-state index contributed by atoms with van der Waals surface area (Å²) in [5.41, 5.74) is 0.409. The molecule has 2 amide bonds. The third-order valence-corrected chi connectivity index (χ3v) is 3.73. The molecule has 6 heteroatoms. The summed E-state index contributed by atoms with van der Waals surface area (Å²) < 4.78 is 14.5. The summed E-state index contributed by atoms with van der Waals surface area (Å²) in [4.78, 5) is 25.3. The van der Waals surface area contributed by atoms with E-state index in [-0.39, 0.29) is 30.7 Å². The van der Waals surface area contributed by atoms with Crippen molar-refractivity contribution in [1.29, 1.82) is 0 Å². The summed E-state index contributed by atoms with van der Waals surface area (Å²) >= 11 is 3.19. The number of hydrogen-bond donors (Lipinski definition) is 1. The van der Waals surface area contributed by atoms with E-state index in [4.69, 9.17) is 0 Å². The van der Waals surface area contributed by atoms with E-state index in [1.54, 1.807) is 12.1 Å². The van der Waals surface area contributed by atoms with E-state index in [0.717, 1.165) is 6.42 Å². The fraction of sp³-hybridized carbons (Fsp3) is 0.429. The van der Waals surface area contributed by atoms with E-state index < -0.39 is 6.04 Å². The molecule has 1 fully saturated rings. The lowest BCUT2D eigenvalue weighted by Crippen LogP contribution is -2.57. The summed E-state index contributed by atoms with van der Waals surface area (Å²) in [7, 11) is 0. The number of piperazine rings is 1. The largest absolute Gasteiger partial charge is 0.343 e. The predicted molar refractivity (Wildman–Crippen MR) is 76.4 cm³/mol. The minimum absolute atomic E-state index is 0.0193. The lowest BCUT2D eigenvalue weighted by atomic mass is 10.1. The Hall–Kier alpha value is -1.43. The van der Waals surface area contributed by atoms with Crippen molar-refractivity contribution in [3.8, 4) is 0 Å². The minimum Gasteiger partial charge on any atom is -0.343 e. The van der Waals surface area contributed by atoms with E-state index in [9.17, 15) is 14.0 Å². The van der Waals surface area contributed by atoms with Gasteiger partial charge in [0.15, 0.2) is 0 Å². The molecule has 1 aliphatic heterocycles. The molecule has 1 unspecified atom stereocenters. The van der Waals surface area contributed by atoms with Gasteiger partial charge in [0.05, 0.1) is 6.54 Å². The maximum Gasteiger partial charge on any atom is 0.245 e. The number of halogens is 2. The Balaban J connectivity index is 2.14. The first kappa shape index (κ1) is 15.0. The zero-order chi connectivity index (χ0) is 14.7. The molecule has 1 atom stereocenters. The normalized spacial score (nSPS) is 19.1. The molecule has 0 aromatic heterocycles. The molecule has 1 saturated heterocycles. The Morgan fingerprint density at radius 3 is 2.85 bits per heavy atom. The monoisotopic (exact) mass is 342 g/mol. The summed E-state index contributed by atoms with van der Waals surface area (Å²) in [5, 5.41) is 2.68. The molecule has 0 aliphatic carbocycles. The smallest absolute Gasteiger partial charge is 0.245 e. The Labute approximate surface area is 125 Å². The molecule has 0 radical (unpaired) electrons. The van der Waals surface area contributed by atoms with Gasteiger partial charge in [-0.25, -0.2) is 4.39 Å². The molecule has 4 nitrogen and oxygen atoms in total. The van der Waals surface area contributed by atoms with Crippen LogP contribution in [-0.4, -0.2) is 29.3 Å². The van der Waals surface area contributed by atoms with Gasteiger partial charge in [-0.05, 0) is 18.6 Å². The highest BCUT2D eigenvalue weighted by molar-refractivity contribution is 9.10. The molecule has 108 valence electrons. The number of carbonyl (C=O) groups excluding carboxylic acids is 2. The van der Waals surface area contributed by atoms with Gasteiger partial charge in [0.1, 0.15) is 11.9 Å². The maximum atomic E-state index is 13.8. The molecule has 1 aromatic carbocycles. The van der Waals surface area contributed by atoms with Crippen LogP contribution in [0.25, 0.3) is 0 Å². The lowest BCUT2D eigenvalue weighted by molar-refractivity contribution is -0.145. The van der Waals surface area contributed by atoms with Crippen molar-refractivity contribution in [1.82, 2.24) is 10.2 Å². The second-order valence-electron chi connectivity index (χ2n) is 4.84. The van der Waals surface area contributed by atoms with Crippen molar-refractivity contribution in [2.45, 2.75) is 32.4 Å². The van der Waals surface area contributed by atoms with Crippen LogP contribution < -0.4 is 5.32 Å². The first-order valence-electron chi connectivity index (χ1n) is 6.53. The topological polar surface area (TPSA) is 49.4 Å². The molecule has 0 bridgehead atoms. The van der Waals surface area contributed by atoms with Crippen LogP contribution in [0.15, 0.2) is 22.7 Å². The number of hydrogen-bond acceptors (Lipinski definition) is 2. The number of nitrogens with one attached hydrogen (secondary N) is 1. The van der Waals surface area contributed by atoms with Gasteiger partial charge in [-0.15, -0.1) is 0 Å². The molecule has 1 N–H and O–H groups in total. The third kappa shape index (κ3) is 3.36. The number of benzene rings is 1. The number of rotatable bonds is 4. The van der Waals surface area contributed by atoms with Gasteiger partial charge in [-0.3, -0.25) is 9.59 Å². The van der Waals surface area contributed by atoms with Gasteiger partial charge in [0.25, 0.3) is 0 Å². The zero-order valence-corrected chi connectivity index (χ0v) is 12.7. The third-order valence-electron chi connectivity index (χ3n) is 3.23. The van der Waals surface area contributed by atoms with Crippen molar-refractivity contribution in [2.75, 3.05) is 6.54 Å². The molecule has 0 saturated carbocycles. The van der Waals surface area contributed by atoms with Crippen molar-refractivity contribution < 1.29 is 14.0 Å². The van der Waals surface area contributed by atoms with E-state index in [1.807, 2.05) is 6.92 Å². The van der Waals surface area contributed by atoms with E-state index in [2.05, 4.69) is 21.2 Å². The molecular weight excluding hydrogens is 327 g/mol. The van der Waals surface area contributed by atoms with Gasteiger partial charge in [-0.1, -0.05) is 35.3 Å². The Morgan fingerprint density at radius 2 is 2.20 bits per heavy atom. The first-order chi connectivity index (χ1) is 9.51. The SMILES string of the molecule is CCCC1NC(=O)CN(Cc2ccc(Br)cc2F)C1=O. The fourth-order valence-electron chi connectivity index (χ4n) is 2.25. The highest BCUT2D eigenvalue weighted by Gasteiger charge is 2.32. The molecule has 1 aliphatic rings.